The molecule has 1 aromatic carbocycles. The van der Waals surface area contributed by atoms with Gasteiger partial charge in [0.2, 0.25) is 5.82 Å². The molecule has 5 heteroatoms. The quantitative estimate of drug-likeness (QED) is 0.880. The summed E-state index contributed by atoms with van der Waals surface area (Å²) in [5.74, 6) is -1.42. The van der Waals surface area contributed by atoms with E-state index in [1.165, 1.54) is 25.0 Å². The molecule has 1 aliphatic carbocycles. The van der Waals surface area contributed by atoms with Crippen LogP contribution in [-0.4, -0.2) is 6.04 Å². The van der Waals surface area contributed by atoms with Crippen molar-refractivity contribution in [1.82, 2.24) is 5.32 Å². The van der Waals surface area contributed by atoms with E-state index in [1.54, 1.807) is 6.26 Å². The van der Waals surface area contributed by atoms with Crippen molar-refractivity contribution in [3.8, 4) is 5.75 Å². The summed E-state index contributed by atoms with van der Waals surface area (Å²) in [6.07, 6.45) is 4.11. The van der Waals surface area contributed by atoms with E-state index in [1.807, 2.05) is 6.07 Å². The zero-order valence-corrected chi connectivity index (χ0v) is 10.9. The Bertz CT molecular complexity index is 593. The summed E-state index contributed by atoms with van der Waals surface area (Å²) in [5, 5.41) is 3.37. The van der Waals surface area contributed by atoms with Crippen molar-refractivity contribution in [2.24, 2.45) is 0 Å². The Kier molecular flexibility index (Phi) is 3.69. The van der Waals surface area contributed by atoms with Crippen LogP contribution in [0.3, 0.4) is 0 Å². The zero-order chi connectivity index (χ0) is 13.9. The number of halogens is 2. The van der Waals surface area contributed by atoms with Crippen LogP contribution in [0.2, 0.25) is 0 Å². The van der Waals surface area contributed by atoms with Gasteiger partial charge in [0.25, 0.3) is 0 Å². The third kappa shape index (κ3) is 3.17. The minimum Gasteiger partial charge on any atom is -0.482 e. The molecule has 0 bridgehead atoms. The summed E-state index contributed by atoms with van der Waals surface area (Å²) in [4.78, 5) is 0. The standard InChI is InChI=1S/C15H15F2NO2/c16-13-2-1-3-14(15(13)17)20-9-12-6-10(8-19-12)7-18-11-4-5-11/h1-3,6,8,11,18H,4-5,7,9H2. The van der Waals surface area contributed by atoms with Crippen LogP contribution in [-0.2, 0) is 13.2 Å². The van der Waals surface area contributed by atoms with Gasteiger partial charge >= 0.3 is 0 Å². The fraction of sp³-hybridized carbons (Fsp3) is 0.333. The van der Waals surface area contributed by atoms with Crippen LogP contribution in [0.1, 0.15) is 24.2 Å². The van der Waals surface area contributed by atoms with Crippen molar-refractivity contribution in [3.63, 3.8) is 0 Å². The summed E-state index contributed by atoms with van der Waals surface area (Å²) in [7, 11) is 0. The SMILES string of the molecule is Fc1cccc(OCc2cc(CNC3CC3)co2)c1F. The molecule has 1 saturated carbocycles. The highest BCUT2D eigenvalue weighted by Gasteiger charge is 2.20. The molecular formula is C15H15F2NO2. The number of hydrogen-bond donors (Lipinski definition) is 1. The first-order valence-electron chi connectivity index (χ1n) is 6.59. The van der Waals surface area contributed by atoms with Gasteiger partial charge in [-0.1, -0.05) is 6.07 Å². The highest BCUT2D eigenvalue weighted by Crippen LogP contribution is 2.22. The van der Waals surface area contributed by atoms with Crippen LogP contribution >= 0.6 is 0 Å². The van der Waals surface area contributed by atoms with Gasteiger partial charge in [-0.15, -0.1) is 0 Å². The third-order valence-corrected chi connectivity index (χ3v) is 3.17. The molecule has 0 aliphatic heterocycles. The summed E-state index contributed by atoms with van der Waals surface area (Å²) >= 11 is 0. The van der Waals surface area contributed by atoms with Crippen molar-refractivity contribution < 1.29 is 17.9 Å². The molecule has 0 amide bonds. The van der Waals surface area contributed by atoms with Gasteiger partial charge in [0.15, 0.2) is 11.6 Å². The van der Waals surface area contributed by atoms with E-state index in [4.69, 9.17) is 9.15 Å². The topological polar surface area (TPSA) is 34.4 Å². The molecule has 1 aliphatic rings. The molecule has 106 valence electrons. The molecule has 1 fully saturated rings. The maximum atomic E-state index is 13.4. The number of hydrogen-bond acceptors (Lipinski definition) is 3. The summed E-state index contributed by atoms with van der Waals surface area (Å²) in [5.41, 5.74) is 1.02. The largest absolute Gasteiger partial charge is 0.482 e. The van der Waals surface area contributed by atoms with Crippen LogP contribution in [0.15, 0.2) is 34.9 Å². The van der Waals surface area contributed by atoms with E-state index in [-0.39, 0.29) is 12.4 Å². The van der Waals surface area contributed by atoms with E-state index >= 15 is 0 Å². The van der Waals surface area contributed by atoms with Gasteiger partial charge < -0.3 is 14.5 Å². The van der Waals surface area contributed by atoms with E-state index in [0.717, 1.165) is 18.2 Å². The zero-order valence-electron chi connectivity index (χ0n) is 10.9. The average molecular weight is 279 g/mol. The first kappa shape index (κ1) is 13.1. The Balaban J connectivity index is 1.56. The summed E-state index contributed by atoms with van der Waals surface area (Å²) in [6, 6.07) is 6.33. The molecule has 3 nitrogen and oxygen atoms in total. The second-order valence-electron chi connectivity index (χ2n) is 4.92. The number of rotatable bonds is 6. The molecule has 1 heterocycles. The van der Waals surface area contributed by atoms with Crippen LogP contribution in [0.25, 0.3) is 0 Å². The third-order valence-electron chi connectivity index (χ3n) is 3.17. The van der Waals surface area contributed by atoms with Gasteiger partial charge in [-0.25, -0.2) is 4.39 Å². The van der Waals surface area contributed by atoms with Crippen LogP contribution in [0.5, 0.6) is 5.75 Å². The lowest BCUT2D eigenvalue weighted by Crippen LogP contribution is -2.14. The van der Waals surface area contributed by atoms with E-state index in [9.17, 15) is 8.78 Å². The Morgan fingerprint density at radius 1 is 1.30 bits per heavy atom. The lowest BCUT2D eigenvalue weighted by Gasteiger charge is -2.05. The second-order valence-corrected chi connectivity index (χ2v) is 4.92. The van der Waals surface area contributed by atoms with Crippen molar-refractivity contribution in [3.05, 3.63) is 53.5 Å². The molecule has 0 radical (unpaired) electrons. The van der Waals surface area contributed by atoms with Gasteiger partial charge in [-0.05, 0) is 31.0 Å². The second kappa shape index (κ2) is 5.63. The van der Waals surface area contributed by atoms with Gasteiger partial charge in [0.05, 0.1) is 6.26 Å². The molecule has 3 rings (SSSR count). The van der Waals surface area contributed by atoms with E-state index in [0.29, 0.717) is 11.8 Å². The highest BCUT2D eigenvalue weighted by molar-refractivity contribution is 5.25. The average Bonchev–Trinajstić information content (AvgIpc) is 3.17. The monoisotopic (exact) mass is 279 g/mol. The minimum atomic E-state index is -0.977. The predicted molar refractivity (Wildman–Crippen MR) is 69.3 cm³/mol. The van der Waals surface area contributed by atoms with E-state index in [2.05, 4.69) is 5.32 Å². The Hall–Kier alpha value is -1.88. The maximum Gasteiger partial charge on any atom is 0.200 e. The Morgan fingerprint density at radius 2 is 2.15 bits per heavy atom. The van der Waals surface area contributed by atoms with Crippen LogP contribution < -0.4 is 10.1 Å². The smallest absolute Gasteiger partial charge is 0.200 e. The Labute approximate surface area is 115 Å². The molecule has 0 spiro atoms. The number of ether oxygens (including phenoxy) is 1. The van der Waals surface area contributed by atoms with Crippen molar-refractivity contribution in [1.29, 1.82) is 0 Å². The maximum absolute atomic E-state index is 13.4. The molecule has 0 saturated heterocycles. The van der Waals surface area contributed by atoms with Gasteiger partial charge in [0, 0.05) is 18.2 Å². The van der Waals surface area contributed by atoms with Gasteiger partial charge in [0.1, 0.15) is 12.4 Å². The number of benzene rings is 1. The Morgan fingerprint density at radius 3 is 2.95 bits per heavy atom. The van der Waals surface area contributed by atoms with Crippen molar-refractivity contribution in [2.45, 2.75) is 32.0 Å². The lowest BCUT2D eigenvalue weighted by molar-refractivity contribution is 0.255. The fourth-order valence-corrected chi connectivity index (χ4v) is 1.89. The van der Waals surface area contributed by atoms with Crippen molar-refractivity contribution >= 4 is 0 Å². The summed E-state index contributed by atoms with van der Waals surface area (Å²) in [6.45, 7) is 0.826. The first-order chi connectivity index (χ1) is 9.72. The summed E-state index contributed by atoms with van der Waals surface area (Å²) < 4.78 is 36.9. The molecule has 1 N–H and O–H groups in total. The van der Waals surface area contributed by atoms with Crippen LogP contribution in [0, 0.1) is 11.6 Å². The normalized spacial score (nSPS) is 14.5. The number of furan rings is 1. The van der Waals surface area contributed by atoms with Gasteiger partial charge in [-0.2, -0.15) is 4.39 Å². The van der Waals surface area contributed by atoms with Gasteiger partial charge in [-0.3, -0.25) is 0 Å². The minimum absolute atomic E-state index is 0.0732. The molecule has 0 unspecified atom stereocenters. The molecule has 20 heavy (non-hydrogen) atoms. The molecule has 0 atom stereocenters. The molecular weight excluding hydrogens is 264 g/mol. The first-order valence-corrected chi connectivity index (χ1v) is 6.59. The fourth-order valence-electron chi connectivity index (χ4n) is 1.89. The predicted octanol–water partition coefficient (Wildman–Crippen LogP) is 3.39. The lowest BCUT2D eigenvalue weighted by atomic mass is 10.3. The molecule has 1 aromatic heterocycles. The number of nitrogens with one attached hydrogen (secondary N) is 1. The highest BCUT2D eigenvalue weighted by atomic mass is 19.2. The van der Waals surface area contributed by atoms with Crippen LogP contribution in [0.4, 0.5) is 8.78 Å². The molecule has 2 aromatic rings. The van der Waals surface area contributed by atoms with E-state index < -0.39 is 11.6 Å². The van der Waals surface area contributed by atoms with Crippen molar-refractivity contribution in [2.75, 3.05) is 0 Å².